The number of halogens is 1. The lowest BCUT2D eigenvalue weighted by Crippen LogP contribution is -2.03. The van der Waals surface area contributed by atoms with Crippen molar-refractivity contribution in [1.29, 1.82) is 0 Å². The lowest BCUT2D eigenvalue weighted by molar-refractivity contribution is 0.178. The minimum Gasteiger partial charge on any atom is -0.399 e. The number of aliphatic hydroxyl groups is 1. The minimum absolute atomic E-state index is 0.433. The summed E-state index contributed by atoms with van der Waals surface area (Å²) in [5.41, 5.74) is 8.83. The third-order valence-electron chi connectivity index (χ3n) is 2.96. The highest BCUT2D eigenvalue weighted by Crippen LogP contribution is 2.26. The number of aliphatic hydroxyl groups excluding tert-OH is 1. The summed E-state index contributed by atoms with van der Waals surface area (Å²) in [4.78, 5) is 0. The molecule has 0 spiro atoms. The molecule has 1 unspecified atom stereocenters. The molecule has 0 fully saturated rings. The molecule has 0 saturated heterocycles. The van der Waals surface area contributed by atoms with Gasteiger partial charge in [-0.15, -0.1) is 0 Å². The predicted molar refractivity (Wildman–Crippen MR) is 72.5 cm³/mol. The summed E-state index contributed by atoms with van der Waals surface area (Å²) in [5.74, 6) is 0. The Hall–Kier alpha value is -1.52. The SMILES string of the molecule is Cc1nn(C)c(Cl)c1CC(O)c1cccc(N)c1. The summed E-state index contributed by atoms with van der Waals surface area (Å²) < 4.78 is 1.61. The Morgan fingerprint density at radius 2 is 2.22 bits per heavy atom. The molecule has 1 atom stereocenters. The molecule has 0 aliphatic carbocycles. The smallest absolute Gasteiger partial charge is 0.130 e. The topological polar surface area (TPSA) is 64.1 Å². The van der Waals surface area contributed by atoms with E-state index in [1.54, 1.807) is 23.9 Å². The van der Waals surface area contributed by atoms with Gasteiger partial charge in [0, 0.05) is 24.7 Å². The molecule has 5 heteroatoms. The number of aromatic nitrogens is 2. The summed E-state index contributed by atoms with van der Waals surface area (Å²) in [5, 5.41) is 15.0. The van der Waals surface area contributed by atoms with Crippen molar-refractivity contribution in [2.75, 3.05) is 5.73 Å². The quantitative estimate of drug-likeness (QED) is 0.837. The zero-order chi connectivity index (χ0) is 13.3. The van der Waals surface area contributed by atoms with Crippen molar-refractivity contribution < 1.29 is 5.11 Å². The first kappa shape index (κ1) is 12.9. The van der Waals surface area contributed by atoms with Gasteiger partial charge in [-0.3, -0.25) is 4.68 Å². The Labute approximate surface area is 111 Å². The Morgan fingerprint density at radius 1 is 1.50 bits per heavy atom. The number of benzene rings is 1. The molecule has 18 heavy (non-hydrogen) atoms. The molecule has 96 valence electrons. The standard InChI is InChI=1S/C13H16ClN3O/c1-8-11(13(14)17(2)16-8)7-12(18)9-4-3-5-10(15)6-9/h3-6,12,18H,7,15H2,1-2H3. The van der Waals surface area contributed by atoms with Gasteiger partial charge in [0.25, 0.3) is 0 Å². The maximum Gasteiger partial charge on any atom is 0.130 e. The van der Waals surface area contributed by atoms with E-state index in [2.05, 4.69) is 5.10 Å². The molecule has 2 rings (SSSR count). The van der Waals surface area contributed by atoms with E-state index in [1.165, 1.54) is 0 Å². The molecule has 1 heterocycles. The molecule has 3 N–H and O–H groups in total. The second-order valence-electron chi connectivity index (χ2n) is 4.37. The fourth-order valence-corrected chi connectivity index (χ4v) is 2.23. The summed E-state index contributed by atoms with van der Waals surface area (Å²) in [6.45, 7) is 1.88. The van der Waals surface area contributed by atoms with Crippen molar-refractivity contribution in [3.63, 3.8) is 0 Å². The lowest BCUT2D eigenvalue weighted by atomic mass is 10.0. The van der Waals surface area contributed by atoms with Crippen molar-refractivity contribution in [2.24, 2.45) is 7.05 Å². The number of nitrogen functional groups attached to an aromatic ring is 1. The summed E-state index contributed by atoms with van der Waals surface area (Å²) in [6, 6.07) is 7.23. The van der Waals surface area contributed by atoms with Crippen LogP contribution in [-0.4, -0.2) is 14.9 Å². The van der Waals surface area contributed by atoms with Crippen LogP contribution in [0.2, 0.25) is 5.15 Å². The number of hydrogen-bond donors (Lipinski definition) is 2. The summed E-state index contributed by atoms with van der Waals surface area (Å²) in [6.07, 6.45) is -0.198. The Bertz CT molecular complexity index is 565. The number of rotatable bonds is 3. The van der Waals surface area contributed by atoms with Crippen LogP contribution in [0.3, 0.4) is 0 Å². The number of nitrogens with two attached hydrogens (primary N) is 1. The highest BCUT2D eigenvalue weighted by Gasteiger charge is 2.16. The van der Waals surface area contributed by atoms with Gasteiger partial charge in [-0.2, -0.15) is 5.10 Å². The molecule has 1 aromatic carbocycles. The first-order valence-corrected chi connectivity index (χ1v) is 6.08. The van der Waals surface area contributed by atoms with E-state index in [1.807, 2.05) is 19.1 Å². The first-order chi connectivity index (χ1) is 8.49. The second kappa shape index (κ2) is 5.00. The molecular weight excluding hydrogens is 250 g/mol. The van der Waals surface area contributed by atoms with Crippen LogP contribution < -0.4 is 5.73 Å². The third-order valence-corrected chi connectivity index (χ3v) is 3.44. The summed E-state index contributed by atoms with van der Waals surface area (Å²) in [7, 11) is 1.78. The van der Waals surface area contributed by atoms with Gasteiger partial charge in [-0.25, -0.2) is 0 Å². The van der Waals surface area contributed by atoms with Crippen LogP contribution in [0.4, 0.5) is 5.69 Å². The van der Waals surface area contributed by atoms with E-state index >= 15 is 0 Å². The average Bonchev–Trinajstić information content (AvgIpc) is 2.56. The molecular formula is C13H16ClN3O. The highest BCUT2D eigenvalue weighted by atomic mass is 35.5. The van der Waals surface area contributed by atoms with Gasteiger partial charge in [0.15, 0.2) is 0 Å². The fraction of sp³-hybridized carbons (Fsp3) is 0.308. The van der Waals surface area contributed by atoms with Crippen LogP contribution in [0.5, 0.6) is 0 Å². The van der Waals surface area contributed by atoms with Crippen LogP contribution in [0.25, 0.3) is 0 Å². The lowest BCUT2D eigenvalue weighted by Gasteiger charge is -2.11. The molecule has 0 amide bonds. The van der Waals surface area contributed by atoms with Gasteiger partial charge in [-0.1, -0.05) is 23.7 Å². The zero-order valence-electron chi connectivity index (χ0n) is 10.4. The normalized spacial score (nSPS) is 12.7. The number of aryl methyl sites for hydroxylation is 2. The van der Waals surface area contributed by atoms with E-state index in [0.29, 0.717) is 17.3 Å². The molecule has 2 aromatic rings. The van der Waals surface area contributed by atoms with Crippen molar-refractivity contribution in [3.8, 4) is 0 Å². The van der Waals surface area contributed by atoms with E-state index in [-0.39, 0.29) is 0 Å². The van der Waals surface area contributed by atoms with E-state index in [4.69, 9.17) is 17.3 Å². The van der Waals surface area contributed by atoms with Crippen molar-refractivity contribution in [2.45, 2.75) is 19.4 Å². The van der Waals surface area contributed by atoms with E-state index in [0.717, 1.165) is 16.8 Å². The third kappa shape index (κ3) is 2.49. The molecule has 4 nitrogen and oxygen atoms in total. The van der Waals surface area contributed by atoms with Crippen molar-refractivity contribution in [1.82, 2.24) is 9.78 Å². The molecule has 1 aromatic heterocycles. The van der Waals surface area contributed by atoms with E-state index in [9.17, 15) is 5.11 Å². The number of hydrogen-bond acceptors (Lipinski definition) is 3. The number of anilines is 1. The van der Waals surface area contributed by atoms with E-state index < -0.39 is 6.10 Å². The first-order valence-electron chi connectivity index (χ1n) is 5.70. The summed E-state index contributed by atoms with van der Waals surface area (Å²) >= 11 is 6.14. The fourth-order valence-electron chi connectivity index (χ4n) is 1.98. The molecule has 0 aliphatic heterocycles. The monoisotopic (exact) mass is 265 g/mol. The van der Waals surface area contributed by atoms with Gasteiger partial charge in [0.2, 0.25) is 0 Å². The van der Waals surface area contributed by atoms with Crippen LogP contribution in [0.15, 0.2) is 24.3 Å². The average molecular weight is 266 g/mol. The van der Waals surface area contributed by atoms with Gasteiger partial charge in [0.1, 0.15) is 5.15 Å². The zero-order valence-corrected chi connectivity index (χ0v) is 11.1. The maximum atomic E-state index is 10.2. The van der Waals surface area contributed by atoms with Crippen molar-refractivity contribution in [3.05, 3.63) is 46.2 Å². The van der Waals surface area contributed by atoms with Crippen LogP contribution in [0.1, 0.15) is 22.9 Å². The van der Waals surface area contributed by atoms with Crippen molar-refractivity contribution >= 4 is 17.3 Å². The number of nitrogens with zero attached hydrogens (tertiary/aromatic N) is 2. The van der Waals surface area contributed by atoms with Gasteiger partial charge in [-0.05, 0) is 24.6 Å². The van der Waals surface area contributed by atoms with Crippen LogP contribution >= 0.6 is 11.6 Å². The maximum absolute atomic E-state index is 10.2. The van der Waals surface area contributed by atoms with Gasteiger partial charge in [0.05, 0.1) is 11.8 Å². The Kier molecular flexibility index (Phi) is 3.59. The Balaban J connectivity index is 2.24. The molecule has 0 aliphatic rings. The molecule has 0 saturated carbocycles. The van der Waals surface area contributed by atoms with Crippen LogP contribution in [-0.2, 0) is 13.5 Å². The second-order valence-corrected chi connectivity index (χ2v) is 4.73. The predicted octanol–water partition coefficient (Wildman–Crippen LogP) is 2.24. The van der Waals surface area contributed by atoms with Gasteiger partial charge >= 0.3 is 0 Å². The van der Waals surface area contributed by atoms with Crippen LogP contribution in [0, 0.1) is 6.92 Å². The largest absolute Gasteiger partial charge is 0.399 e. The Morgan fingerprint density at radius 3 is 2.78 bits per heavy atom. The minimum atomic E-state index is -0.631. The molecule has 0 radical (unpaired) electrons. The highest BCUT2D eigenvalue weighted by molar-refractivity contribution is 6.30. The molecule has 0 bridgehead atoms. The van der Waals surface area contributed by atoms with Gasteiger partial charge < -0.3 is 10.8 Å².